The fourth-order valence-electron chi connectivity index (χ4n) is 1.60. The molecule has 0 bridgehead atoms. The van der Waals surface area contributed by atoms with Crippen molar-refractivity contribution in [2.75, 3.05) is 6.54 Å². The molecule has 2 rings (SSSR count). The number of nitrogens with zero attached hydrogens (tertiary/aromatic N) is 2. The van der Waals surface area contributed by atoms with Gasteiger partial charge in [-0.3, -0.25) is 0 Å². The monoisotopic (exact) mass is 341 g/mol. The summed E-state index contributed by atoms with van der Waals surface area (Å²) in [6.45, 7) is 4.95. The third kappa shape index (κ3) is 4.06. The number of nitrogens with one attached hydrogen (secondary N) is 1. The van der Waals surface area contributed by atoms with E-state index in [4.69, 9.17) is 4.52 Å². The number of hydrogen-bond acceptors (Lipinski definition) is 5. The van der Waals surface area contributed by atoms with Crippen LogP contribution < -0.4 is 5.32 Å². The van der Waals surface area contributed by atoms with Crippen LogP contribution in [0.4, 0.5) is 0 Å². The molecular weight excluding hydrogens is 326 g/mol. The van der Waals surface area contributed by atoms with Crippen LogP contribution in [0, 0.1) is 0 Å². The molecule has 1 atom stereocenters. The van der Waals surface area contributed by atoms with E-state index in [2.05, 4.69) is 44.4 Å². The normalized spacial score (nSPS) is 12.6. The van der Waals surface area contributed by atoms with E-state index in [0.29, 0.717) is 11.6 Å². The lowest BCUT2D eigenvalue weighted by molar-refractivity contribution is 0.339. The Labute approximate surface area is 125 Å². The highest BCUT2D eigenvalue weighted by Crippen LogP contribution is 2.29. The molecule has 0 fully saturated rings. The fourth-order valence-corrected chi connectivity index (χ4v) is 3.01. The first-order chi connectivity index (χ1) is 9.20. The smallest absolute Gasteiger partial charge is 0.243 e. The van der Waals surface area contributed by atoms with Crippen molar-refractivity contribution in [3.63, 3.8) is 0 Å². The van der Waals surface area contributed by atoms with Gasteiger partial charge >= 0.3 is 0 Å². The Hall–Kier alpha value is -0.850. The number of hydrogen-bond donors (Lipinski definition) is 1. The van der Waals surface area contributed by atoms with E-state index in [9.17, 15) is 0 Å². The van der Waals surface area contributed by atoms with Gasteiger partial charge in [0.05, 0.1) is 11.8 Å². The standard InChI is InChI=1S/C13H16BrN3OS/c1-3-15-9(2)13-16-12(17-18-13)8-19-11-7-5-4-6-10(11)14/h4-7,9,15H,3,8H2,1-2H3. The van der Waals surface area contributed by atoms with E-state index in [1.165, 1.54) is 4.90 Å². The SMILES string of the molecule is CCNC(C)c1nc(CSc2ccccc2Br)no1. The van der Waals surface area contributed by atoms with Crippen molar-refractivity contribution in [2.45, 2.75) is 30.5 Å². The lowest BCUT2D eigenvalue weighted by Crippen LogP contribution is -2.17. The van der Waals surface area contributed by atoms with Gasteiger partial charge in [0.1, 0.15) is 0 Å². The van der Waals surface area contributed by atoms with E-state index < -0.39 is 0 Å². The third-order valence-electron chi connectivity index (χ3n) is 2.56. The van der Waals surface area contributed by atoms with E-state index in [1.54, 1.807) is 11.8 Å². The van der Waals surface area contributed by atoms with Gasteiger partial charge in [0.25, 0.3) is 0 Å². The molecule has 6 heteroatoms. The summed E-state index contributed by atoms with van der Waals surface area (Å²) >= 11 is 5.21. The number of benzene rings is 1. The maximum atomic E-state index is 5.25. The fraction of sp³-hybridized carbons (Fsp3) is 0.385. The highest BCUT2D eigenvalue weighted by Gasteiger charge is 2.13. The quantitative estimate of drug-likeness (QED) is 0.810. The molecule has 0 aliphatic carbocycles. The summed E-state index contributed by atoms with van der Waals surface area (Å²) in [4.78, 5) is 5.57. The molecule has 0 saturated heterocycles. The van der Waals surface area contributed by atoms with Gasteiger partial charge in [-0.25, -0.2) is 0 Å². The summed E-state index contributed by atoms with van der Waals surface area (Å²) < 4.78 is 6.34. The lowest BCUT2D eigenvalue weighted by Gasteiger charge is -2.05. The van der Waals surface area contributed by atoms with Gasteiger partial charge in [0, 0.05) is 9.37 Å². The summed E-state index contributed by atoms with van der Waals surface area (Å²) in [6, 6.07) is 8.20. The summed E-state index contributed by atoms with van der Waals surface area (Å²) in [5, 5.41) is 7.25. The number of thioether (sulfide) groups is 1. The summed E-state index contributed by atoms with van der Waals surface area (Å²) in [6.07, 6.45) is 0. The Morgan fingerprint density at radius 2 is 2.21 bits per heavy atom. The summed E-state index contributed by atoms with van der Waals surface area (Å²) in [7, 11) is 0. The van der Waals surface area contributed by atoms with E-state index in [-0.39, 0.29) is 6.04 Å². The Morgan fingerprint density at radius 1 is 1.42 bits per heavy atom. The molecule has 0 aliphatic heterocycles. The molecule has 0 saturated carbocycles. The predicted octanol–water partition coefficient (Wildman–Crippen LogP) is 3.79. The van der Waals surface area contributed by atoms with Crippen molar-refractivity contribution in [1.29, 1.82) is 0 Å². The number of aromatic nitrogens is 2. The molecule has 0 radical (unpaired) electrons. The van der Waals surface area contributed by atoms with E-state index in [0.717, 1.165) is 16.8 Å². The van der Waals surface area contributed by atoms with Gasteiger partial charge in [-0.2, -0.15) is 4.98 Å². The van der Waals surface area contributed by atoms with Gasteiger partial charge in [-0.05, 0) is 41.5 Å². The van der Waals surface area contributed by atoms with Crippen molar-refractivity contribution >= 4 is 27.7 Å². The maximum Gasteiger partial charge on any atom is 0.243 e. The van der Waals surface area contributed by atoms with Crippen LogP contribution in [0.3, 0.4) is 0 Å². The minimum Gasteiger partial charge on any atom is -0.338 e. The zero-order chi connectivity index (χ0) is 13.7. The average Bonchev–Trinajstić information content (AvgIpc) is 2.87. The van der Waals surface area contributed by atoms with Gasteiger partial charge < -0.3 is 9.84 Å². The second-order valence-corrected chi connectivity index (χ2v) is 5.92. The van der Waals surface area contributed by atoms with Crippen molar-refractivity contribution in [1.82, 2.24) is 15.5 Å². The average molecular weight is 342 g/mol. The largest absolute Gasteiger partial charge is 0.338 e. The molecule has 0 spiro atoms. The molecule has 2 aromatic rings. The predicted molar refractivity (Wildman–Crippen MR) is 80.1 cm³/mol. The Kier molecular flexibility index (Phi) is 5.42. The Morgan fingerprint density at radius 3 is 2.95 bits per heavy atom. The van der Waals surface area contributed by atoms with E-state index in [1.807, 2.05) is 25.1 Å². The summed E-state index contributed by atoms with van der Waals surface area (Å²) in [5.41, 5.74) is 0. The van der Waals surface area contributed by atoms with Crippen molar-refractivity contribution in [3.05, 3.63) is 40.5 Å². The second-order valence-electron chi connectivity index (χ2n) is 4.05. The van der Waals surface area contributed by atoms with Gasteiger partial charge in [0.2, 0.25) is 5.89 Å². The highest BCUT2D eigenvalue weighted by atomic mass is 79.9. The molecule has 1 unspecified atom stereocenters. The van der Waals surface area contributed by atoms with Crippen LogP contribution in [0.15, 0.2) is 38.2 Å². The van der Waals surface area contributed by atoms with Gasteiger partial charge in [-0.15, -0.1) is 11.8 Å². The van der Waals surface area contributed by atoms with Crippen LogP contribution in [-0.2, 0) is 5.75 Å². The van der Waals surface area contributed by atoms with Crippen molar-refractivity contribution in [2.24, 2.45) is 0 Å². The first-order valence-electron chi connectivity index (χ1n) is 6.14. The maximum absolute atomic E-state index is 5.25. The second kappa shape index (κ2) is 7.07. The molecule has 1 aromatic carbocycles. The first-order valence-corrected chi connectivity index (χ1v) is 7.91. The van der Waals surface area contributed by atoms with Crippen LogP contribution in [0.2, 0.25) is 0 Å². The van der Waals surface area contributed by atoms with Crippen LogP contribution in [-0.4, -0.2) is 16.7 Å². The van der Waals surface area contributed by atoms with Crippen molar-refractivity contribution < 1.29 is 4.52 Å². The van der Waals surface area contributed by atoms with Crippen LogP contribution in [0.25, 0.3) is 0 Å². The molecule has 1 aromatic heterocycles. The number of halogens is 1. The molecule has 19 heavy (non-hydrogen) atoms. The van der Waals surface area contributed by atoms with Crippen LogP contribution >= 0.6 is 27.7 Å². The zero-order valence-corrected chi connectivity index (χ0v) is 13.3. The molecule has 1 N–H and O–H groups in total. The Balaban J connectivity index is 1.95. The molecule has 0 amide bonds. The minimum atomic E-state index is 0.0970. The third-order valence-corrected chi connectivity index (χ3v) is 4.58. The molecular formula is C13H16BrN3OS. The first kappa shape index (κ1) is 14.6. The minimum absolute atomic E-state index is 0.0970. The molecule has 4 nitrogen and oxygen atoms in total. The van der Waals surface area contributed by atoms with E-state index >= 15 is 0 Å². The molecule has 0 aliphatic rings. The van der Waals surface area contributed by atoms with Crippen LogP contribution in [0.1, 0.15) is 31.6 Å². The Bertz CT molecular complexity index is 532. The highest BCUT2D eigenvalue weighted by molar-refractivity contribution is 9.10. The van der Waals surface area contributed by atoms with Crippen LogP contribution in [0.5, 0.6) is 0 Å². The summed E-state index contributed by atoms with van der Waals surface area (Å²) in [5.74, 6) is 2.07. The number of rotatable bonds is 6. The topological polar surface area (TPSA) is 51.0 Å². The van der Waals surface area contributed by atoms with Crippen molar-refractivity contribution in [3.8, 4) is 0 Å². The van der Waals surface area contributed by atoms with Gasteiger partial charge in [0.15, 0.2) is 5.82 Å². The molecule has 1 heterocycles. The van der Waals surface area contributed by atoms with Gasteiger partial charge in [-0.1, -0.05) is 24.2 Å². The molecule has 102 valence electrons. The zero-order valence-electron chi connectivity index (χ0n) is 10.9. The lowest BCUT2D eigenvalue weighted by atomic mass is 10.3.